The average Bonchev–Trinajstić information content (AvgIpc) is 2.83. The fourth-order valence-corrected chi connectivity index (χ4v) is 2.83. The average molecular weight is 280 g/mol. The topological polar surface area (TPSA) is 40.2 Å². The van der Waals surface area contributed by atoms with Crippen LogP contribution in [0.3, 0.4) is 0 Å². The van der Waals surface area contributed by atoms with Gasteiger partial charge in [-0.15, -0.1) is 0 Å². The second kappa shape index (κ2) is 5.62. The molecule has 1 heterocycles. The van der Waals surface area contributed by atoms with Gasteiger partial charge in [0.2, 0.25) is 0 Å². The summed E-state index contributed by atoms with van der Waals surface area (Å²) in [6.07, 6.45) is 0. The first kappa shape index (κ1) is 13.7. The van der Waals surface area contributed by atoms with Crippen LogP contribution in [0.15, 0.2) is 48.5 Å². The van der Waals surface area contributed by atoms with Crippen molar-refractivity contribution >= 4 is 10.9 Å². The number of fused-ring (bicyclic) bond motifs is 1. The Morgan fingerprint density at radius 3 is 2.67 bits per heavy atom. The molecule has 3 nitrogen and oxygen atoms in total. The van der Waals surface area contributed by atoms with Gasteiger partial charge in [0.15, 0.2) is 0 Å². The molecule has 0 amide bonds. The summed E-state index contributed by atoms with van der Waals surface area (Å²) in [7, 11) is 1.68. The number of para-hydroxylation sites is 1. The van der Waals surface area contributed by atoms with Gasteiger partial charge in [-0.3, -0.25) is 0 Å². The summed E-state index contributed by atoms with van der Waals surface area (Å²) < 4.78 is 7.66. The molecule has 2 aromatic carbocycles. The Hall–Kier alpha value is -2.26. The van der Waals surface area contributed by atoms with Crippen molar-refractivity contribution in [2.45, 2.75) is 20.0 Å². The summed E-state index contributed by atoms with van der Waals surface area (Å²) in [5, 5.41) is 1.28. The maximum absolute atomic E-state index is 5.80. The van der Waals surface area contributed by atoms with Crippen molar-refractivity contribution in [3.8, 4) is 5.75 Å². The van der Waals surface area contributed by atoms with E-state index in [0.717, 1.165) is 17.9 Å². The van der Waals surface area contributed by atoms with Crippen molar-refractivity contribution in [1.29, 1.82) is 0 Å². The molecule has 0 fully saturated rings. The highest BCUT2D eigenvalue weighted by atomic mass is 16.5. The van der Waals surface area contributed by atoms with Crippen LogP contribution in [0.1, 0.15) is 16.8 Å². The Bertz CT molecular complexity index is 774. The molecule has 0 atom stereocenters. The van der Waals surface area contributed by atoms with Gasteiger partial charge in [-0.1, -0.05) is 24.3 Å². The number of hydrogen-bond acceptors (Lipinski definition) is 2. The number of nitrogens with two attached hydrogens (primary N) is 1. The number of nitrogens with zero attached hydrogens (tertiary/aromatic N) is 1. The van der Waals surface area contributed by atoms with E-state index in [0.29, 0.717) is 6.54 Å². The Labute approximate surface area is 125 Å². The number of benzene rings is 2. The molecule has 0 aliphatic heterocycles. The Kier molecular flexibility index (Phi) is 3.67. The third-order valence-electron chi connectivity index (χ3n) is 3.92. The van der Waals surface area contributed by atoms with Gasteiger partial charge in [0.25, 0.3) is 0 Å². The maximum Gasteiger partial charge on any atom is 0.123 e. The molecule has 0 spiro atoms. The van der Waals surface area contributed by atoms with Crippen molar-refractivity contribution in [2.24, 2.45) is 5.73 Å². The fraction of sp³-hybridized carbons (Fsp3) is 0.222. The molecule has 0 aliphatic rings. The van der Waals surface area contributed by atoms with Crippen LogP contribution >= 0.6 is 0 Å². The highest BCUT2D eigenvalue weighted by Gasteiger charge is 2.08. The number of ether oxygens (including phenoxy) is 1. The number of methoxy groups -OCH3 is 1. The first-order valence-corrected chi connectivity index (χ1v) is 7.13. The normalized spacial score (nSPS) is 11.0. The molecule has 0 unspecified atom stereocenters. The molecule has 0 aliphatic carbocycles. The minimum absolute atomic E-state index is 0.489. The van der Waals surface area contributed by atoms with Crippen molar-refractivity contribution in [1.82, 2.24) is 4.57 Å². The van der Waals surface area contributed by atoms with Crippen molar-refractivity contribution < 1.29 is 4.74 Å². The van der Waals surface area contributed by atoms with Crippen molar-refractivity contribution in [3.63, 3.8) is 0 Å². The van der Waals surface area contributed by atoms with E-state index in [4.69, 9.17) is 10.5 Å². The van der Waals surface area contributed by atoms with Crippen LogP contribution in [-0.2, 0) is 13.1 Å². The summed E-state index contributed by atoms with van der Waals surface area (Å²) in [6, 6.07) is 16.9. The molecule has 0 bridgehead atoms. The predicted molar refractivity (Wildman–Crippen MR) is 86.7 cm³/mol. The van der Waals surface area contributed by atoms with Gasteiger partial charge in [0.05, 0.1) is 7.11 Å². The molecule has 1 aromatic heterocycles. The van der Waals surface area contributed by atoms with Gasteiger partial charge < -0.3 is 15.0 Å². The second-order valence-electron chi connectivity index (χ2n) is 5.28. The van der Waals surface area contributed by atoms with Crippen LogP contribution < -0.4 is 10.5 Å². The molecule has 108 valence electrons. The zero-order valence-corrected chi connectivity index (χ0v) is 12.5. The zero-order valence-electron chi connectivity index (χ0n) is 12.5. The molecule has 0 saturated carbocycles. The maximum atomic E-state index is 5.80. The van der Waals surface area contributed by atoms with Gasteiger partial charge in [0.1, 0.15) is 5.75 Å². The third-order valence-corrected chi connectivity index (χ3v) is 3.92. The van der Waals surface area contributed by atoms with E-state index in [2.05, 4.69) is 54.0 Å². The van der Waals surface area contributed by atoms with Gasteiger partial charge >= 0.3 is 0 Å². The van der Waals surface area contributed by atoms with E-state index in [1.165, 1.54) is 22.2 Å². The molecule has 3 heteroatoms. The highest BCUT2D eigenvalue weighted by Crippen LogP contribution is 2.23. The van der Waals surface area contributed by atoms with E-state index in [1.54, 1.807) is 7.11 Å². The minimum Gasteiger partial charge on any atom is -0.496 e. The van der Waals surface area contributed by atoms with Gasteiger partial charge in [0, 0.05) is 29.9 Å². The summed E-state index contributed by atoms with van der Waals surface area (Å²) >= 11 is 0. The Morgan fingerprint density at radius 1 is 1.10 bits per heavy atom. The van der Waals surface area contributed by atoms with Gasteiger partial charge in [-0.05, 0) is 42.1 Å². The zero-order chi connectivity index (χ0) is 14.8. The monoisotopic (exact) mass is 280 g/mol. The Morgan fingerprint density at radius 2 is 1.90 bits per heavy atom. The summed E-state index contributed by atoms with van der Waals surface area (Å²) in [4.78, 5) is 0. The van der Waals surface area contributed by atoms with Crippen LogP contribution in [0.25, 0.3) is 10.9 Å². The molecule has 0 radical (unpaired) electrons. The van der Waals surface area contributed by atoms with Gasteiger partial charge in [-0.2, -0.15) is 0 Å². The van der Waals surface area contributed by atoms with Crippen molar-refractivity contribution in [2.75, 3.05) is 7.11 Å². The number of hydrogen-bond donors (Lipinski definition) is 1. The smallest absolute Gasteiger partial charge is 0.123 e. The van der Waals surface area contributed by atoms with E-state index in [1.807, 2.05) is 6.07 Å². The number of rotatable bonds is 4. The highest BCUT2D eigenvalue weighted by molar-refractivity contribution is 5.81. The molecule has 21 heavy (non-hydrogen) atoms. The number of aryl methyl sites for hydroxylation is 1. The SMILES string of the molecule is COc1ccc(Cn2c(C)cc3ccccc32)cc1CN. The largest absolute Gasteiger partial charge is 0.496 e. The lowest BCUT2D eigenvalue weighted by Gasteiger charge is -2.12. The molecule has 0 saturated heterocycles. The van der Waals surface area contributed by atoms with Gasteiger partial charge in [-0.25, -0.2) is 0 Å². The second-order valence-corrected chi connectivity index (χ2v) is 5.28. The molecular weight excluding hydrogens is 260 g/mol. The lowest BCUT2D eigenvalue weighted by atomic mass is 10.1. The van der Waals surface area contributed by atoms with Crippen LogP contribution in [0.2, 0.25) is 0 Å². The van der Waals surface area contributed by atoms with E-state index < -0.39 is 0 Å². The fourth-order valence-electron chi connectivity index (χ4n) is 2.83. The van der Waals surface area contributed by atoms with E-state index >= 15 is 0 Å². The summed E-state index contributed by atoms with van der Waals surface area (Å²) in [6.45, 7) is 3.48. The quantitative estimate of drug-likeness (QED) is 0.795. The van der Waals surface area contributed by atoms with E-state index in [-0.39, 0.29) is 0 Å². The van der Waals surface area contributed by atoms with E-state index in [9.17, 15) is 0 Å². The Balaban J connectivity index is 2.00. The molecule has 2 N–H and O–H groups in total. The summed E-state index contributed by atoms with van der Waals surface area (Å²) in [5.41, 5.74) is 10.6. The first-order valence-electron chi connectivity index (χ1n) is 7.13. The third kappa shape index (κ3) is 2.52. The van der Waals surface area contributed by atoms with Crippen LogP contribution in [0, 0.1) is 6.92 Å². The van der Waals surface area contributed by atoms with Crippen LogP contribution in [-0.4, -0.2) is 11.7 Å². The van der Waals surface area contributed by atoms with Crippen LogP contribution in [0.5, 0.6) is 5.75 Å². The van der Waals surface area contributed by atoms with Crippen molar-refractivity contribution in [3.05, 3.63) is 65.4 Å². The molecule has 3 aromatic rings. The lowest BCUT2D eigenvalue weighted by Crippen LogP contribution is -2.05. The lowest BCUT2D eigenvalue weighted by molar-refractivity contribution is 0.409. The number of aromatic nitrogens is 1. The minimum atomic E-state index is 0.489. The molecular formula is C18H20N2O. The van der Waals surface area contributed by atoms with Crippen LogP contribution in [0.4, 0.5) is 0 Å². The molecule has 3 rings (SSSR count). The summed E-state index contributed by atoms with van der Waals surface area (Å²) in [5.74, 6) is 0.857. The first-order chi connectivity index (χ1) is 10.2. The predicted octanol–water partition coefficient (Wildman–Crippen LogP) is 3.47. The standard InChI is InChI=1S/C18H20N2O/c1-13-9-15-5-3-4-6-17(15)20(13)12-14-7-8-18(21-2)16(10-14)11-19/h3-10H,11-12,19H2,1-2H3.